The number of hydrogen-bond acceptors (Lipinski definition) is 4. The number of aliphatic hydroxyl groups excluding tert-OH is 1. The Kier molecular flexibility index (Phi) is 3.02. The van der Waals surface area contributed by atoms with Gasteiger partial charge in [-0.15, -0.1) is 5.10 Å². The van der Waals surface area contributed by atoms with Gasteiger partial charge in [0.1, 0.15) is 11.8 Å². The van der Waals surface area contributed by atoms with Crippen LogP contribution in [0.1, 0.15) is 50.2 Å². The van der Waals surface area contributed by atoms with Crippen molar-refractivity contribution in [3.63, 3.8) is 0 Å². The molecule has 1 N–H and O–H groups in total. The number of nitrogens with zero attached hydrogens (tertiary/aromatic N) is 3. The van der Waals surface area contributed by atoms with Crippen LogP contribution in [0.2, 0.25) is 0 Å². The summed E-state index contributed by atoms with van der Waals surface area (Å²) in [6, 6.07) is 0.247. The van der Waals surface area contributed by atoms with E-state index in [9.17, 15) is 5.11 Å². The lowest BCUT2D eigenvalue weighted by Crippen LogP contribution is -2.12. The molecule has 1 aromatic rings. The lowest BCUT2D eigenvalue weighted by Gasteiger charge is -2.15. The largest absolute Gasteiger partial charge is 0.390 e. The Morgan fingerprint density at radius 3 is 2.93 bits per heavy atom. The Hall–Kier alpha value is -0.940. The second-order valence-corrected chi connectivity index (χ2v) is 4.12. The molecule has 1 fully saturated rings. The van der Waals surface area contributed by atoms with Gasteiger partial charge in [0, 0.05) is 12.6 Å². The lowest BCUT2D eigenvalue weighted by atomic mass is 10.1. The minimum atomic E-state index is -0.0675. The monoisotopic (exact) mass is 211 g/mol. The van der Waals surface area contributed by atoms with Gasteiger partial charge in [-0.25, -0.2) is 4.68 Å². The van der Waals surface area contributed by atoms with Gasteiger partial charge < -0.3 is 9.84 Å². The van der Waals surface area contributed by atoms with Crippen LogP contribution in [0.5, 0.6) is 0 Å². The van der Waals surface area contributed by atoms with Gasteiger partial charge in [-0.1, -0.05) is 5.21 Å². The highest BCUT2D eigenvalue weighted by Gasteiger charge is 2.26. The first kappa shape index (κ1) is 10.6. The van der Waals surface area contributed by atoms with Gasteiger partial charge in [0.05, 0.1) is 12.3 Å². The maximum absolute atomic E-state index is 9.20. The van der Waals surface area contributed by atoms with Crippen LogP contribution in [0, 0.1) is 0 Å². The molecule has 1 aromatic heterocycles. The van der Waals surface area contributed by atoms with E-state index in [2.05, 4.69) is 10.3 Å². The molecule has 1 aliphatic heterocycles. The second-order valence-electron chi connectivity index (χ2n) is 4.12. The van der Waals surface area contributed by atoms with Gasteiger partial charge in [-0.3, -0.25) is 0 Å². The van der Waals surface area contributed by atoms with Gasteiger partial charge in [0.25, 0.3) is 0 Å². The van der Waals surface area contributed by atoms with E-state index in [0.29, 0.717) is 5.69 Å². The number of hydrogen-bond donors (Lipinski definition) is 1. The molecule has 1 unspecified atom stereocenters. The number of rotatable bonds is 3. The Morgan fingerprint density at radius 1 is 1.60 bits per heavy atom. The zero-order valence-electron chi connectivity index (χ0n) is 9.18. The van der Waals surface area contributed by atoms with Gasteiger partial charge in [0.2, 0.25) is 0 Å². The lowest BCUT2D eigenvalue weighted by molar-refractivity contribution is 0.101. The van der Waals surface area contributed by atoms with Crippen LogP contribution >= 0.6 is 0 Å². The van der Waals surface area contributed by atoms with Crippen molar-refractivity contribution in [2.24, 2.45) is 0 Å². The van der Waals surface area contributed by atoms with E-state index < -0.39 is 0 Å². The fourth-order valence-electron chi connectivity index (χ4n) is 1.95. The van der Waals surface area contributed by atoms with Gasteiger partial charge >= 0.3 is 0 Å². The summed E-state index contributed by atoms with van der Waals surface area (Å²) in [6.07, 6.45) is 2.12. The first-order chi connectivity index (χ1) is 7.24. The smallest absolute Gasteiger partial charge is 0.114 e. The Bertz CT molecular complexity index is 329. The molecule has 0 saturated carbocycles. The molecule has 1 aliphatic rings. The summed E-state index contributed by atoms with van der Waals surface area (Å²) in [7, 11) is 0. The highest BCUT2D eigenvalue weighted by Crippen LogP contribution is 2.31. The molecule has 0 aliphatic carbocycles. The van der Waals surface area contributed by atoms with Crippen LogP contribution in [0.4, 0.5) is 0 Å². The van der Waals surface area contributed by atoms with Crippen molar-refractivity contribution in [2.45, 2.75) is 45.4 Å². The average molecular weight is 211 g/mol. The van der Waals surface area contributed by atoms with Crippen LogP contribution in [-0.2, 0) is 11.3 Å². The zero-order chi connectivity index (χ0) is 10.8. The van der Waals surface area contributed by atoms with Crippen LogP contribution in [0.25, 0.3) is 0 Å². The molecule has 1 atom stereocenters. The van der Waals surface area contributed by atoms with Crippen LogP contribution in [0.3, 0.4) is 0 Å². The molecule has 0 spiro atoms. The van der Waals surface area contributed by atoms with Crippen molar-refractivity contribution < 1.29 is 9.84 Å². The first-order valence-electron chi connectivity index (χ1n) is 5.40. The number of ether oxygens (including phenoxy) is 1. The van der Waals surface area contributed by atoms with Gasteiger partial charge in [-0.2, -0.15) is 0 Å². The molecule has 0 amide bonds. The standard InChI is InChI=1S/C10H17N3O2/c1-7(2)13-10(8(6-14)11-12-13)9-4-3-5-15-9/h7,9,14H,3-6H2,1-2H3. The molecule has 1 saturated heterocycles. The third kappa shape index (κ3) is 1.89. The molecule has 84 valence electrons. The van der Waals surface area contributed by atoms with E-state index in [4.69, 9.17) is 4.74 Å². The summed E-state index contributed by atoms with van der Waals surface area (Å²) in [6.45, 7) is 4.82. The fourth-order valence-corrected chi connectivity index (χ4v) is 1.95. The molecular formula is C10H17N3O2. The van der Waals surface area contributed by atoms with Crippen molar-refractivity contribution in [3.05, 3.63) is 11.4 Å². The van der Waals surface area contributed by atoms with E-state index in [-0.39, 0.29) is 18.8 Å². The van der Waals surface area contributed by atoms with E-state index in [1.807, 2.05) is 18.5 Å². The molecular weight excluding hydrogens is 194 g/mol. The maximum atomic E-state index is 9.20. The van der Waals surface area contributed by atoms with Gasteiger partial charge in [0.15, 0.2) is 0 Å². The van der Waals surface area contributed by atoms with Crippen molar-refractivity contribution >= 4 is 0 Å². The normalized spacial score (nSPS) is 21.5. The SMILES string of the molecule is CC(C)n1nnc(CO)c1C1CCCO1. The fraction of sp³-hybridized carbons (Fsp3) is 0.800. The minimum Gasteiger partial charge on any atom is -0.390 e. The van der Waals surface area contributed by atoms with Crippen LogP contribution in [-0.4, -0.2) is 26.7 Å². The molecule has 5 nitrogen and oxygen atoms in total. The third-order valence-electron chi connectivity index (χ3n) is 2.68. The first-order valence-corrected chi connectivity index (χ1v) is 5.40. The summed E-state index contributed by atoms with van der Waals surface area (Å²) < 4.78 is 7.47. The predicted octanol–water partition coefficient (Wildman–Crippen LogP) is 1.20. The zero-order valence-corrected chi connectivity index (χ0v) is 9.18. The van der Waals surface area contributed by atoms with Crippen molar-refractivity contribution in [3.8, 4) is 0 Å². The van der Waals surface area contributed by atoms with E-state index in [1.165, 1.54) is 0 Å². The summed E-state index contributed by atoms with van der Waals surface area (Å²) in [4.78, 5) is 0. The number of aromatic nitrogens is 3. The van der Waals surface area contributed by atoms with Crippen molar-refractivity contribution in [2.75, 3.05) is 6.61 Å². The topological polar surface area (TPSA) is 60.2 Å². The second kappa shape index (κ2) is 4.28. The summed E-state index contributed by atoms with van der Waals surface area (Å²) in [5, 5.41) is 17.2. The van der Waals surface area contributed by atoms with E-state index in [0.717, 1.165) is 25.1 Å². The van der Waals surface area contributed by atoms with Gasteiger partial charge in [-0.05, 0) is 26.7 Å². The molecule has 2 rings (SSSR count). The highest BCUT2D eigenvalue weighted by atomic mass is 16.5. The molecule has 2 heterocycles. The number of aliphatic hydroxyl groups is 1. The Morgan fingerprint density at radius 2 is 2.40 bits per heavy atom. The van der Waals surface area contributed by atoms with E-state index >= 15 is 0 Å². The summed E-state index contributed by atoms with van der Waals surface area (Å²) >= 11 is 0. The molecule has 0 aromatic carbocycles. The molecule has 15 heavy (non-hydrogen) atoms. The quantitative estimate of drug-likeness (QED) is 0.816. The predicted molar refractivity (Wildman–Crippen MR) is 54.3 cm³/mol. The summed E-state index contributed by atoms with van der Waals surface area (Å²) in [5.74, 6) is 0. The van der Waals surface area contributed by atoms with Crippen molar-refractivity contribution in [1.82, 2.24) is 15.0 Å². The highest BCUT2D eigenvalue weighted by molar-refractivity contribution is 5.14. The van der Waals surface area contributed by atoms with Crippen molar-refractivity contribution in [1.29, 1.82) is 0 Å². The molecule has 0 radical (unpaired) electrons. The third-order valence-corrected chi connectivity index (χ3v) is 2.68. The van der Waals surface area contributed by atoms with Crippen LogP contribution in [0.15, 0.2) is 0 Å². The Labute approximate surface area is 89.0 Å². The van der Waals surface area contributed by atoms with E-state index in [1.54, 1.807) is 0 Å². The molecule has 5 heteroatoms. The molecule has 0 bridgehead atoms. The van der Waals surface area contributed by atoms with Crippen LogP contribution < -0.4 is 0 Å². The minimum absolute atomic E-state index is 0.0598. The summed E-state index contributed by atoms with van der Waals surface area (Å²) in [5.41, 5.74) is 1.60. The average Bonchev–Trinajstić information content (AvgIpc) is 2.85. The maximum Gasteiger partial charge on any atom is 0.114 e. The Balaban J connectivity index is 2.35.